The van der Waals surface area contributed by atoms with Crippen LogP contribution in [0.5, 0.6) is 0 Å². The first-order valence-corrected chi connectivity index (χ1v) is 18.7. The number of fused-ring (bicyclic) bond motifs is 2. The van der Waals surface area contributed by atoms with Crippen molar-refractivity contribution >= 4 is 69.5 Å². The molecule has 2 heterocycles. The van der Waals surface area contributed by atoms with E-state index in [-0.39, 0.29) is 13.1 Å². The Labute approximate surface area is 254 Å². The molecule has 2 aromatic carbocycles. The number of carbonyl (C=O) groups excluding carboxylic acids is 1. The summed E-state index contributed by atoms with van der Waals surface area (Å²) in [5.74, 6) is -1.48. The second-order valence-electron chi connectivity index (χ2n) is 10.6. The highest BCUT2D eigenvalue weighted by Gasteiger charge is 2.40. The van der Waals surface area contributed by atoms with Gasteiger partial charge in [0.25, 0.3) is 10.9 Å². The Kier molecular flexibility index (Phi) is 8.94. The number of sulfonamides is 1. The predicted octanol–water partition coefficient (Wildman–Crippen LogP) is 2.19. The molecular weight excluding hydrogens is 639 g/mol. The van der Waals surface area contributed by atoms with Gasteiger partial charge < -0.3 is 14.0 Å². The first-order chi connectivity index (χ1) is 19.8. The molecular formula is C27H30N3O9S4-. The van der Waals surface area contributed by atoms with Crippen LogP contribution >= 0.6 is 11.3 Å². The monoisotopic (exact) mass is 668 g/mol. The predicted molar refractivity (Wildman–Crippen MR) is 161 cm³/mol. The molecule has 1 amide bonds. The Morgan fingerprint density at radius 2 is 1.74 bits per heavy atom. The van der Waals surface area contributed by atoms with Crippen LogP contribution in [0.3, 0.4) is 0 Å². The second-order valence-corrected chi connectivity index (χ2v) is 16.3. The smallest absolute Gasteiger partial charge is 0.299 e. The molecule has 0 saturated carbocycles. The number of amides is 1. The summed E-state index contributed by atoms with van der Waals surface area (Å²) in [5, 5.41) is 0.639. The highest BCUT2D eigenvalue weighted by atomic mass is 32.2. The average molecular weight is 669 g/mol. The lowest BCUT2D eigenvalue weighted by atomic mass is 9.83. The third kappa shape index (κ3) is 7.50. The van der Waals surface area contributed by atoms with Crippen LogP contribution in [0.2, 0.25) is 0 Å². The highest BCUT2D eigenvalue weighted by molar-refractivity contribution is 7.89. The minimum Gasteiger partial charge on any atom is -0.748 e. The summed E-state index contributed by atoms with van der Waals surface area (Å²) in [4.78, 5) is 13.6. The van der Waals surface area contributed by atoms with Crippen molar-refractivity contribution in [2.24, 2.45) is 0 Å². The number of allylic oxidation sites excluding steroid dienone is 3. The molecule has 0 spiro atoms. The van der Waals surface area contributed by atoms with Gasteiger partial charge in [-0.1, -0.05) is 50.3 Å². The van der Waals surface area contributed by atoms with E-state index in [1.165, 1.54) is 29.5 Å². The van der Waals surface area contributed by atoms with Crippen molar-refractivity contribution in [2.75, 3.05) is 23.5 Å². The molecule has 0 aliphatic carbocycles. The van der Waals surface area contributed by atoms with Crippen molar-refractivity contribution in [1.82, 2.24) is 4.72 Å². The van der Waals surface area contributed by atoms with Gasteiger partial charge in [-0.05, 0) is 41.8 Å². The molecule has 16 heteroatoms. The number of aromatic nitrogens is 1. The van der Waals surface area contributed by atoms with E-state index in [1.54, 1.807) is 15.5 Å². The average Bonchev–Trinajstić information content (AvgIpc) is 3.31. The van der Waals surface area contributed by atoms with Gasteiger partial charge in [0.2, 0.25) is 22.1 Å². The van der Waals surface area contributed by atoms with Crippen molar-refractivity contribution in [3.8, 4) is 0 Å². The fraction of sp³-hybridized carbons (Fsp3) is 0.333. The molecule has 0 saturated heterocycles. The maximum atomic E-state index is 12.6. The van der Waals surface area contributed by atoms with Gasteiger partial charge in [-0.25, -0.2) is 30.0 Å². The normalized spacial score (nSPS) is 16.6. The molecule has 3 aromatic rings. The van der Waals surface area contributed by atoms with Crippen LogP contribution in [0.4, 0.5) is 5.69 Å². The van der Waals surface area contributed by atoms with Crippen molar-refractivity contribution in [3.63, 3.8) is 0 Å². The number of nitrogens with zero attached hydrogens (tertiary/aromatic N) is 2. The summed E-state index contributed by atoms with van der Waals surface area (Å²) >= 11 is 1.38. The van der Waals surface area contributed by atoms with Gasteiger partial charge in [0, 0.05) is 35.5 Å². The van der Waals surface area contributed by atoms with Crippen LogP contribution < -0.4 is 14.2 Å². The van der Waals surface area contributed by atoms with E-state index in [1.807, 2.05) is 55.8 Å². The number of nitrogens with one attached hydrogen (secondary N) is 1. The lowest BCUT2D eigenvalue weighted by molar-refractivity contribution is -0.655. The second kappa shape index (κ2) is 11.7. The summed E-state index contributed by atoms with van der Waals surface area (Å²) in [6.07, 6.45) is 5.02. The summed E-state index contributed by atoms with van der Waals surface area (Å²) < 4.78 is 97.9. The zero-order chi connectivity index (χ0) is 32.0. The van der Waals surface area contributed by atoms with E-state index < -0.39 is 52.2 Å². The minimum absolute atomic E-state index is 0.270. The molecule has 43 heavy (non-hydrogen) atoms. The number of hydrogen-bond acceptors (Lipinski definition) is 11. The highest BCUT2D eigenvalue weighted by Crippen LogP contribution is 2.49. The Bertz CT molecular complexity index is 1990. The molecule has 0 unspecified atom stereocenters. The van der Waals surface area contributed by atoms with Crippen LogP contribution in [0, 0.1) is 0 Å². The van der Waals surface area contributed by atoms with E-state index in [0.717, 1.165) is 16.5 Å². The SMILES string of the molecule is CCC(=C\c1sc2ccccc2[n+]1CC(=O)NS(C)(=O)=O)/C=C1/N(CCS(=O)(=O)[O-])c2cc(S(=O)(=O)[O-])ccc2C1(C)C. The molecule has 1 aliphatic rings. The van der Waals surface area contributed by atoms with E-state index in [4.69, 9.17) is 0 Å². The van der Waals surface area contributed by atoms with Gasteiger partial charge in [-0.3, -0.25) is 4.79 Å². The molecule has 0 radical (unpaired) electrons. The third-order valence-corrected chi connectivity index (χ3v) is 10.2. The van der Waals surface area contributed by atoms with Gasteiger partial charge in [0.1, 0.15) is 14.8 Å². The van der Waals surface area contributed by atoms with Gasteiger partial charge in [-0.15, -0.1) is 0 Å². The van der Waals surface area contributed by atoms with Crippen molar-refractivity contribution < 1.29 is 43.7 Å². The molecule has 0 fully saturated rings. The lowest BCUT2D eigenvalue weighted by Crippen LogP contribution is -2.45. The summed E-state index contributed by atoms with van der Waals surface area (Å²) in [7, 11) is -13.2. The van der Waals surface area contributed by atoms with E-state index in [9.17, 15) is 39.2 Å². The number of rotatable bonds is 10. The fourth-order valence-corrected chi connectivity index (χ4v) is 7.53. The van der Waals surface area contributed by atoms with E-state index >= 15 is 0 Å². The molecule has 232 valence electrons. The van der Waals surface area contributed by atoms with E-state index in [0.29, 0.717) is 33.9 Å². The van der Waals surface area contributed by atoms with Crippen LogP contribution in [0.15, 0.2) is 64.7 Å². The van der Waals surface area contributed by atoms with Gasteiger partial charge in [-0.2, -0.15) is 4.57 Å². The first-order valence-electron chi connectivity index (χ1n) is 13.0. The minimum atomic E-state index is -4.81. The number of carbonyl (C=O) groups is 1. The Hall–Kier alpha value is -3.15. The number of benzene rings is 2. The summed E-state index contributed by atoms with van der Waals surface area (Å²) in [5.41, 5.74) is 2.19. The number of hydrogen-bond donors (Lipinski definition) is 1. The molecule has 4 rings (SSSR count). The maximum absolute atomic E-state index is 12.6. The van der Waals surface area contributed by atoms with Gasteiger partial charge >= 0.3 is 0 Å². The maximum Gasteiger partial charge on any atom is 0.299 e. The molecule has 1 aromatic heterocycles. The number of para-hydroxylation sites is 1. The standard InChI is InChI=1S/C27H31N3O9S4/c1-5-18(15-26-30(17-25(31)28-41(4,32)33)21-8-6-7-9-23(21)40-26)14-24-27(2,3)20-11-10-19(43(37,38)39)16-22(20)29(24)12-13-42(34,35)36/h6-11,14-16H,5,12-13,17H2,1-4H3,(H2-,28,31,34,35,36,37,38,39)/p-1. The largest absolute Gasteiger partial charge is 0.748 e. The van der Waals surface area contributed by atoms with Crippen LogP contribution in [-0.2, 0) is 47.0 Å². The Morgan fingerprint density at radius 3 is 2.35 bits per heavy atom. The number of thiazole rings is 1. The molecule has 1 aliphatic heterocycles. The lowest BCUT2D eigenvalue weighted by Gasteiger charge is -2.28. The van der Waals surface area contributed by atoms with Crippen LogP contribution in [0.1, 0.15) is 37.8 Å². The zero-order valence-corrected chi connectivity index (χ0v) is 27.0. The fourth-order valence-electron chi connectivity index (χ4n) is 5.01. The van der Waals surface area contributed by atoms with Gasteiger partial charge in [0.15, 0.2) is 0 Å². The molecule has 12 nitrogen and oxygen atoms in total. The van der Waals surface area contributed by atoms with Crippen LogP contribution in [0.25, 0.3) is 16.3 Å². The topological polar surface area (TPSA) is 185 Å². The molecule has 0 bridgehead atoms. The third-order valence-electron chi connectivity index (χ3n) is 6.99. The first kappa shape index (κ1) is 32.8. The Balaban J connectivity index is 1.87. The van der Waals surface area contributed by atoms with Gasteiger partial charge in [0.05, 0.1) is 27.0 Å². The summed E-state index contributed by atoms with van der Waals surface area (Å²) in [6.45, 7) is 5.06. The zero-order valence-electron chi connectivity index (χ0n) is 23.7. The molecule has 1 N–H and O–H groups in total. The van der Waals surface area contributed by atoms with Crippen LogP contribution in [-0.4, -0.2) is 58.8 Å². The number of anilines is 1. The van der Waals surface area contributed by atoms with E-state index in [2.05, 4.69) is 0 Å². The van der Waals surface area contributed by atoms with Crippen molar-refractivity contribution in [1.29, 1.82) is 0 Å². The van der Waals surface area contributed by atoms with Crippen molar-refractivity contribution in [2.45, 2.75) is 44.0 Å². The molecule has 0 atom stereocenters. The Morgan fingerprint density at radius 1 is 1.07 bits per heavy atom. The van der Waals surface area contributed by atoms with Crippen molar-refractivity contribution in [3.05, 3.63) is 70.4 Å². The quantitative estimate of drug-likeness (QED) is 0.248. The summed E-state index contributed by atoms with van der Waals surface area (Å²) in [6, 6.07) is 11.2.